The lowest BCUT2D eigenvalue weighted by atomic mass is 10.1. The lowest BCUT2D eigenvalue weighted by Crippen LogP contribution is -1.93. The molecular formula is C13H18I2. The number of aryl methyl sites for hydroxylation is 2. The van der Waals surface area contributed by atoms with Crippen LogP contribution in [0.3, 0.4) is 0 Å². The van der Waals surface area contributed by atoms with Crippen LogP contribution in [-0.2, 0) is 6.42 Å². The van der Waals surface area contributed by atoms with Gasteiger partial charge in [0.15, 0.2) is 0 Å². The van der Waals surface area contributed by atoms with Crippen LogP contribution in [0, 0.1) is 14.1 Å². The summed E-state index contributed by atoms with van der Waals surface area (Å²) >= 11 is 4.89. The Balaban J connectivity index is 2.57. The van der Waals surface area contributed by atoms with Gasteiger partial charge >= 0.3 is 0 Å². The highest BCUT2D eigenvalue weighted by molar-refractivity contribution is 14.1. The van der Waals surface area contributed by atoms with Gasteiger partial charge in [-0.05, 0) is 88.2 Å². The third-order valence-corrected chi connectivity index (χ3v) is 4.79. The van der Waals surface area contributed by atoms with Crippen molar-refractivity contribution in [3.05, 3.63) is 30.4 Å². The molecule has 0 bridgehead atoms. The van der Waals surface area contributed by atoms with Crippen molar-refractivity contribution >= 4 is 45.2 Å². The van der Waals surface area contributed by atoms with Gasteiger partial charge in [-0.1, -0.05) is 26.2 Å². The van der Waals surface area contributed by atoms with Crippen molar-refractivity contribution in [2.24, 2.45) is 0 Å². The topological polar surface area (TPSA) is 0 Å². The first kappa shape index (κ1) is 13.7. The lowest BCUT2D eigenvalue weighted by Gasteiger charge is -2.07. The Morgan fingerprint density at radius 2 is 1.73 bits per heavy atom. The van der Waals surface area contributed by atoms with Gasteiger partial charge in [0.2, 0.25) is 0 Å². The molecule has 0 fully saturated rings. The molecule has 0 aliphatic heterocycles. The molecule has 2 heteroatoms. The average Bonchev–Trinajstić information content (AvgIpc) is 2.20. The quantitative estimate of drug-likeness (QED) is 0.440. The van der Waals surface area contributed by atoms with Crippen LogP contribution < -0.4 is 0 Å². The first-order chi connectivity index (χ1) is 7.15. The molecule has 0 spiro atoms. The molecule has 0 saturated heterocycles. The van der Waals surface area contributed by atoms with Crippen LogP contribution in [-0.4, -0.2) is 0 Å². The summed E-state index contributed by atoms with van der Waals surface area (Å²) in [7, 11) is 0. The molecule has 0 aromatic heterocycles. The molecule has 1 rings (SSSR count). The number of rotatable bonds is 5. The summed E-state index contributed by atoms with van der Waals surface area (Å²) in [6, 6.07) is 4.65. The molecule has 0 heterocycles. The van der Waals surface area contributed by atoms with E-state index in [1.54, 1.807) is 0 Å². The Morgan fingerprint density at radius 1 is 1.00 bits per heavy atom. The van der Waals surface area contributed by atoms with Crippen LogP contribution in [0.1, 0.15) is 43.7 Å². The highest BCUT2D eigenvalue weighted by Crippen LogP contribution is 2.21. The van der Waals surface area contributed by atoms with Crippen LogP contribution in [0.25, 0.3) is 0 Å². The van der Waals surface area contributed by atoms with E-state index in [-0.39, 0.29) is 0 Å². The van der Waals surface area contributed by atoms with Crippen molar-refractivity contribution in [3.8, 4) is 0 Å². The van der Waals surface area contributed by atoms with Crippen molar-refractivity contribution in [1.82, 2.24) is 0 Å². The van der Waals surface area contributed by atoms with Crippen LogP contribution in [0.4, 0.5) is 0 Å². The second-order valence-electron chi connectivity index (χ2n) is 4.00. The predicted molar refractivity (Wildman–Crippen MR) is 84.5 cm³/mol. The van der Waals surface area contributed by atoms with Gasteiger partial charge in [-0.15, -0.1) is 0 Å². The first-order valence-corrected chi connectivity index (χ1v) is 7.75. The minimum atomic E-state index is 1.24. The SMILES string of the molecule is CCCCCCc1cc(I)c(C)cc1I. The van der Waals surface area contributed by atoms with E-state index in [1.807, 2.05) is 0 Å². The first-order valence-electron chi connectivity index (χ1n) is 5.59. The summed E-state index contributed by atoms with van der Waals surface area (Å²) in [5.74, 6) is 0. The van der Waals surface area contributed by atoms with E-state index in [1.165, 1.54) is 50.4 Å². The number of halogens is 2. The Morgan fingerprint density at radius 3 is 2.40 bits per heavy atom. The fraction of sp³-hybridized carbons (Fsp3) is 0.538. The molecule has 0 aliphatic rings. The molecular weight excluding hydrogens is 410 g/mol. The van der Waals surface area contributed by atoms with E-state index in [2.05, 4.69) is 71.2 Å². The third-order valence-electron chi connectivity index (χ3n) is 2.63. The van der Waals surface area contributed by atoms with E-state index in [0.29, 0.717) is 0 Å². The maximum absolute atomic E-state index is 2.46. The molecule has 0 radical (unpaired) electrons. The molecule has 1 aromatic carbocycles. The molecule has 0 aliphatic carbocycles. The van der Waals surface area contributed by atoms with Gasteiger partial charge in [-0.25, -0.2) is 0 Å². The van der Waals surface area contributed by atoms with Crippen LogP contribution >= 0.6 is 45.2 Å². The standard InChI is InChI=1S/C13H18I2/c1-3-4-5-6-7-11-9-12(14)10(2)8-13(11)15/h8-9H,3-7H2,1-2H3. The van der Waals surface area contributed by atoms with Gasteiger partial charge in [-0.2, -0.15) is 0 Å². The van der Waals surface area contributed by atoms with Crippen molar-refractivity contribution in [1.29, 1.82) is 0 Å². The largest absolute Gasteiger partial charge is 0.0654 e. The van der Waals surface area contributed by atoms with Gasteiger partial charge in [0.25, 0.3) is 0 Å². The van der Waals surface area contributed by atoms with Crippen LogP contribution in [0.15, 0.2) is 12.1 Å². The summed E-state index contributed by atoms with van der Waals surface area (Å²) in [6.45, 7) is 4.45. The summed E-state index contributed by atoms with van der Waals surface area (Å²) in [4.78, 5) is 0. The lowest BCUT2D eigenvalue weighted by molar-refractivity contribution is 0.666. The van der Waals surface area contributed by atoms with Gasteiger partial charge < -0.3 is 0 Å². The molecule has 1 aromatic rings. The van der Waals surface area contributed by atoms with Gasteiger partial charge in [0.05, 0.1) is 0 Å². The summed E-state index contributed by atoms with van der Waals surface area (Å²) < 4.78 is 2.83. The van der Waals surface area contributed by atoms with Crippen molar-refractivity contribution in [3.63, 3.8) is 0 Å². The maximum atomic E-state index is 2.46. The number of benzene rings is 1. The monoisotopic (exact) mass is 428 g/mol. The molecule has 84 valence electrons. The van der Waals surface area contributed by atoms with Gasteiger partial charge in [-0.3, -0.25) is 0 Å². The second kappa shape index (κ2) is 7.09. The Kier molecular flexibility index (Phi) is 6.50. The third kappa shape index (κ3) is 4.59. The minimum absolute atomic E-state index is 1.24. The molecule has 15 heavy (non-hydrogen) atoms. The average molecular weight is 428 g/mol. The highest BCUT2D eigenvalue weighted by atomic mass is 127. The Bertz CT molecular complexity index is 319. The molecule has 0 atom stereocenters. The number of unbranched alkanes of at least 4 members (excludes halogenated alkanes) is 3. The minimum Gasteiger partial charge on any atom is -0.0654 e. The summed E-state index contributed by atoms with van der Waals surface area (Å²) in [5.41, 5.74) is 2.93. The second-order valence-corrected chi connectivity index (χ2v) is 6.33. The maximum Gasteiger partial charge on any atom is 0.0165 e. The highest BCUT2D eigenvalue weighted by Gasteiger charge is 2.03. The number of hydrogen-bond acceptors (Lipinski definition) is 0. The van der Waals surface area contributed by atoms with Crippen LogP contribution in [0.5, 0.6) is 0 Å². The molecule has 0 amide bonds. The fourth-order valence-electron chi connectivity index (χ4n) is 1.62. The molecule has 0 N–H and O–H groups in total. The Hall–Kier alpha value is 0.680. The zero-order valence-electron chi connectivity index (χ0n) is 9.45. The zero-order valence-corrected chi connectivity index (χ0v) is 13.8. The van der Waals surface area contributed by atoms with E-state index < -0.39 is 0 Å². The summed E-state index contributed by atoms with van der Waals surface area (Å²) in [6.07, 6.45) is 6.65. The van der Waals surface area contributed by atoms with Gasteiger partial charge in [0.1, 0.15) is 0 Å². The van der Waals surface area contributed by atoms with Crippen molar-refractivity contribution in [2.45, 2.75) is 46.0 Å². The molecule has 0 unspecified atom stereocenters. The smallest absolute Gasteiger partial charge is 0.0165 e. The fourth-order valence-corrected chi connectivity index (χ4v) is 3.05. The van der Waals surface area contributed by atoms with E-state index >= 15 is 0 Å². The van der Waals surface area contributed by atoms with E-state index in [0.717, 1.165) is 0 Å². The van der Waals surface area contributed by atoms with Crippen molar-refractivity contribution < 1.29 is 0 Å². The van der Waals surface area contributed by atoms with Crippen LogP contribution in [0.2, 0.25) is 0 Å². The predicted octanol–water partition coefficient (Wildman–Crippen LogP) is 5.33. The molecule has 0 saturated carbocycles. The summed E-state index contributed by atoms with van der Waals surface area (Å²) in [5, 5.41) is 0. The molecule has 0 nitrogen and oxygen atoms in total. The van der Waals surface area contributed by atoms with Crippen molar-refractivity contribution in [2.75, 3.05) is 0 Å². The zero-order chi connectivity index (χ0) is 11.3. The normalized spacial score (nSPS) is 10.7. The van der Waals surface area contributed by atoms with E-state index in [9.17, 15) is 0 Å². The van der Waals surface area contributed by atoms with E-state index in [4.69, 9.17) is 0 Å². The van der Waals surface area contributed by atoms with Gasteiger partial charge in [0, 0.05) is 7.14 Å². The number of hydrogen-bond donors (Lipinski definition) is 0. The Labute approximate surface area is 121 Å².